The van der Waals surface area contributed by atoms with Gasteiger partial charge in [-0.2, -0.15) is 12.6 Å². The lowest BCUT2D eigenvalue weighted by Crippen LogP contribution is -2.17. The van der Waals surface area contributed by atoms with E-state index in [1.54, 1.807) is 12.2 Å². The van der Waals surface area contributed by atoms with Gasteiger partial charge in [0.2, 0.25) is 0 Å². The molecule has 0 bridgehead atoms. The van der Waals surface area contributed by atoms with E-state index in [2.05, 4.69) is 12.6 Å². The zero-order chi connectivity index (χ0) is 11.9. The molecule has 0 heterocycles. The molecule has 2 rings (SSSR count). The molecule has 0 aromatic carbocycles. The largest absolute Gasteiger partial charge is 0.324 e. The summed E-state index contributed by atoms with van der Waals surface area (Å²) in [6.07, 6.45) is 6.84. The molecule has 0 aromatic heterocycles. The second kappa shape index (κ2) is 3.75. The highest BCUT2D eigenvalue weighted by atomic mass is 32.1. The number of nitrogens with zero attached hydrogens (tertiary/aromatic N) is 1. The van der Waals surface area contributed by atoms with E-state index in [0.29, 0.717) is 0 Å². The lowest BCUT2D eigenvalue weighted by Gasteiger charge is -2.13. The number of rotatable bonds is 1. The first-order valence-corrected chi connectivity index (χ1v) is 5.63. The molecule has 16 heavy (non-hydrogen) atoms. The highest BCUT2D eigenvalue weighted by Gasteiger charge is 2.30. The zero-order valence-corrected chi connectivity index (χ0v) is 9.91. The second-order valence-electron chi connectivity index (χ2n) is 4.47. The number of thiol groups is 1. The predicted octanol–water partition coefficient (Wildman–Crippen LogP) is 1.82. The Balaban J connectivity index is 2.52. The summed E-state index contributed by atoms with van der Waals surface area (Å²) in [5, 5.41) is 10.9. The maximum absolute atomic E-state index is 10.9. The van der Waals surface area contributed by atoms with Crippen molar-refractivity contribution in [3.05, 3.63) is 45.2 Å². The molecule has 1 fully saturated rings. The van der Waals surface area contributed by atoms with Crippen LogP contribution in [-0.4, -0.2) is 15.7 Å². The molecule has 0 radical (unpaired) electrons. The SMILES string of the molecule is CC1(S)C=C2CCC(N)C2=CC([N+](=O)[O-])=C1. The van der Waals surface area contributed by atoms with Crippen LogP contribution in [0.2, 0.25) is 0 Å². The smallest absolute Gasteiger partial charge is 0.267 e. The van der Waals surface area contributed by atoms with Gasteiger partial charge in [0, 0.05) is 18.2 Å². The Hall–Kier alpha value is -1.07. The van der Waals surface area contributed by atoms with Crippen molar-refractivity contribution in [3.63, 3.8) is 0 Å². The fraction of sp³-hybridized carbons (Fsp3) is 0.455. The summed E-state index contributed by atoms with van der Waals surface area (Å²) in [5.41, 5.74) is 7.99. The number of hydrogen-bond acceptors (Lipinski definition) is 4. The normalized spacial score (nSPS) is 33.4. The summed E-state index contributed by atoms with van der Waals surface area (Å²) in [7, 11) is 0. The van der Waals surface area contributed by atoms with Crippen LogP contribution in [0.5, 0.6) is 0 Å². The van der Waals surface area contributed by atoms with Crippen LogP contribution in [0.4, 0.5) is 0 Å². The average molecular weight is 238 g/mol. The van der Waals surface area contributed by atoms with Gasteiger partial charge in [0.05, 0.1) is 9.67 Å². The van der Waals surface area contributed by atoms with Crippen LogP contribution in [0.3, 0.4) is 0 Å². The number of nitrogens with two attached hydrogens (primary N) is 1. The van der Waals surface area contributed by atoms with Gasteiger partial charge in [-0.1, -0.05) is 6.08 Å². The fourth-order valence-corrected chi connectivity index (χ4v) is 2.49. The van der Waals surface area contributed by atoms with E-state index < -0.39 is 4.75 Å². The number of nitro groups is 1. The number of hydrogen-bond donors (Lipinski definition) is 2. The van der Waals surface area contributed by atoms with Crippen LogP contribution >= 0.6 is 12.6 Å². The Morgan fingerprint density at radius 3 is 2.94 bits per heavy atom. The third-order valence-electron chi connectivity index (χ3n) is 2.92. The quantitative estimate of drug-likeness (QED) is 0.416. The minimum absolute atomic E-state index is 0.0797. The Morgan fingerprint density at radius 1 is 1.62 bits per heavy atom. The lowest BCUT2D eigenvalue weighted by molar-refractivity contribution is -0.419. The van der Waals surface area contributed by atoms with Crippen molar-refractivity contribution in [2.75, 3.05) is 0 Å². The maximum Gasteiger partial charge on any atom is 0.267 e. The van der Waals surface area contributed by atoms with Gasteiger partial charge in [0.25, 0.3) is 5.70 Å². The Morgan fingerprint density at radius 2 is 2.31 bits per heavy atom. The van der Waals surface area contributed by atoms with E-state index in [4.69, 9.17) is 5.73 Å². The third kappa shape index (κ3) is 2.05. The van der Waals surface area contributed by atoms with Crippen LogP contribution in [0.25, 0.3) is 0 Å². The molecule has 1 saturated carbocycles. The summed E-state index contributed by atoms with van der Waals surface area (Å²) >= 11 is 4.42. The van der Waals surface area contributed by atoms with Crippen molar-refractivity contribution in [2.24, 2.45) is 5.73 Å². The van der Waals surface area contributed by atoms with E-state index in [9.17, 15) is 10.1 Å². The molecule has 2 N–H and O–H groups in total. The van der Waals surface area contributed by atoms with Crippen LogP contribution in [-0.2, 0) is 0 Å². The molecular weight excluding hydrogens is 224 g/mol. The van der Waals surface area contributed by atoms with Gasteiger partial charge in [-0.05, 0) is 30.9 Å². The summed E-state index contributed by atoms with van der Waals surface area (Å²) in [5.74, 6) is 0. The molecule has 2 aliphatic carbocycles. The van der Waals surface area contributed by atoms with E-state index in [1.807, 2.05) is 13.0 Å². The summed E-state index contributed by atoms with van der Waals surface area (Å²) < 4.78 is -0.583. The molecule has 0 aliphatic heterocycles. The Labute approximate surface area is 99.5 Å². The predicted molar refractivity (Wildman–Crippen MR) is 65.8 cm³/mol. The van der Waals surface area contributed by atoms with E-state index in [1.165, 1.54) is 0 Å². The molecule has 0 aromatic rings. The number of fused-ring (bicyclic) bond motifs is 1. The summed E-state index contributed by atoms with van der Waals surface area (Å²) in [4.78, 5) is 10.5. The fourth-order valence-electron chi connectivity index (χ4n) is 2.20. The molecule has 86 valence electrons. The van der Waals surface area contributed by atoms with Crippen LogP contribution in [0.15, 0.2) is 35.1 Å². The van der Waals surface area contributed by atoms with E-state index in [-0.39, 0.29) is 16.7 Å². The van der Waals surface area contributed by atoms with Crippen molar-refractivity contribution in [3.8, 4) is 0 Å². The molecule has 4 nitrogen and oxygen atoms in total. The molecule has 5 heteroatoms. The summed E-state index contributed by atoms with van der Waals surface area (Å²) in [6, 6.07) is -0.0863. The van der Waals surface area contributed by atoms with E-state index >= 15 is 0 Å². The first kappa shape index (κ1) is 11.4. The Bertz CT molecular complexity index is 435. The van der Waals surface area contributed by atoms with Crippen molar-refractivity contribution in [2.45, 2.75) is 30.6 Å². The maximum atomic E-state index is 10.9. The van der Waals surface area contributed by atoms with Gasteiger partial charge in [0.15, 0.2) is 0 Å². The van der Waals surface area contributed by atoms with Crippen LogP contribution < -0.4 is 5.73 Å². The first-order valence-electron chi connectivity index (χ1n) is 5.18. The zero-order valence-electron chi connectivity index (χ0n) is 9.01. The van der Waals surface area contributed by atoms with Crippen LogP contribution in [0.1, 0.15) is 19.8 Å². The second-order valence-corrected chi connectivity index (χ2v) is 5.43. The minimum Gasteiger partial charge on any atom is -0.324 e. The van der Waals surface area contributed by atoms with Crippen molar-refractivity contribution in [1.82, 2.24) is 0 Å². The van der Waals surface area contributed by atoms with Gasteiger partial charge < -0.3 is 5.73 Å². The topological polar surface area (TPSA) is 69.2 Å². The van der Waals surface area contributed by atoms with Crippen molar-refractivity contribution >= 4 is 12.6 Å². The van der Waals surface area contributed by atoms with Gasteiger partial charge in [-0.3, -0.25) is 10.1 Å². The molecule has 0 amide bonds. The standard InChI is InChI=1S/C11H14N2O2S/c1-11(16)5-7-2-3-10(12)9(7)4-8(6-11)13(14)15/h4-6,10,16H,2-3,12H2,1H3. The van der Waals surface area contributed by atoms with Gasteiger partial charge in [-0.25, -0.2) is 0 Å². The third-order valence-corrected chi connectivity index (χ3v) is 3.17. The molecule has 2 aliphatic rings. The Kier molecular flexibility index (Phi) is 2.67. The molecular formula is C11H14N2O2S. The highest BCUT2D eigenvalue weighted by Crippen LogP contribution is 2.37. The van der Waals surface area contributed by atoms with Crippen LogP contribution in [0, 0.1) is 10.1 Å². The first-order chi connectivity index (χ1) is 7.39. The average Bonchev–Trinajstić information content (AvgIpc) is 2.42. The molecule has 2 unspecified atom stereocenters. The number of allylic oxidation sites excluding steroid dienone is 1. The highest BCUT2D eigenvalue weighted by molar-refractivity contribution is 7.82. The van der Waals surface area contributed by atoms with Gasteiger partial charge in [-0.15, -0.1) is 0 Å². The van der Waals surface area contributed by atoms with Gasteiger partial charge >= 0.3 is 0 Å². The molecule has 0 spiro atoms. The monoisotopic (exact) mass is 238 g/mol. The lowest BCUT2D eigenvalue weighted by atomic mass is 10.0. The van der Waals surface area contributed by atoms with Gasteiger partial charge in [0.1, 0.15) is 0 Å². The van der Waals surface area contributed by atoms with Crippen molar-refractivity contribution in [1.29, 1.82) is 0 Å². The van der Waals surface area contributed by atoms with E-state index in [0.717, 1.165) is 24.0 Å². The minimum atomic E-state index is -0.583. The molecule has 0 saturated heterocycles. The van der Waals surface area contributed by atoms with Crippen molar-refractivity contribution < 1.29 is 4.92 Å². The molecule has 2 atom stereocenters. The summed E-state index contributed by atoms with van der Waals surface area (Å²) in [6.45, 7) is 1.84.